The summed E-state index contributed by atoms with van der Waals surface area (Å²) in [6.07, 6.45) is 1.48. The highest BCUT2D eigenvalue weighted by molar-refractivity contribution is 9.10. The van der Waals surface area contributed by atoms with Gasteiger partial charge in [0, 0.05) is 10.0 Å². The molecule has 1 aromatic heterocycles. The van der Waals surface area contributed by atoms with Crippen LogP contribution in [0.4, 0.5) is 5.82 Å². The Labute approximate surface area is 141 Å². The number of halogens is 1. The number of rotatable bonds is 4. The Morgan fingerprint density at radius 1 is 1.17 bits per heavy atom. The molecular weight excluding hydrogens is 358 g/mol. The molecule has 0 unspecified atom stereocenters. The minimum atomic E-state index is -0.170. The lowest BCUT2D eigenvalue weighted by molar-refractivity contribution is 0.103. The zero-order chi connectivity index (χ0) is 16.4. The molecule has 0 saturated carbocycles. The summed E-state index contributed by atoms with van der Waals surface area (Å²) in [6.45, 7) is 0. The van der Waals surface area contributed by atoms with Gasteiger partial charge >= 0.3 is 0 Å². The average molecular weight is 372 g/mol. The van der Waals surface area contributed by atoms with Gasteiger partial charge in [0.2, 0.25) is 0 Å². The van der Waals surface area contributed by atoms with Gasteiger partial charge in [-0.25, -0.2) is 4.68 Å². The Morgan fingerprint density at radius 3 is 2.57 bits per heavy atom. The van der Waals surface area contributed by atoms with E-state index in [-0.39, 0.29) is 11.6 Å². The van der Waals surface area contributed by atoms with E-state index in [0.717, 1.165) is 4.47 Å². The van der Waals surface area contributed by atoms with Gasteiger partial charge in [-0.05, 0) is 36.4 Å². The Morgan fingerprint density at radius 2 is 1.87 bits per heavy atom. The summed E-state index contributed by atoms with van der Waals surface area (Å²) in [6, 6.07) is 14.5. The number of ketones is 1. The zero-order valence-corrected chi connectivity index (χ0v) is 13.9. The van der Waals surface area contributed by atoms with Crippen molar-refractivity contribution < 1.29 is 9.53 Å². The molecule has 0 aliphatic carbocycles. The molecule has 0 amide bonds. The number of ether oxygens (including phenoxy) is 1. The Balaban J connectivity index is 2.02. The van der Waals surface area contributed by atoms with Crippen LogP contribution in [0.2, 0.25) is 0 Å². The number of para-hydroxylation sites is 2. The molecule has 0 saturated heterocycles. The number of aromatic nitrogens is 2. The van der Waals surface area contributed by atoms with Crippen LogP contribution in [-0.4, -0.2) is 22.7 Å². The van der Waals surface area contributed by atoms with Crippen molar-refractivity contribution in [2.24, 2.45) is 0 Å². The summed E-state index contributed by atoms with van der Waals surface area (Å²) < 4.78 is 7.73. The predicted octanol–water partition coefficient (Wildman–Crippen LogP) is 3.46. The van der Waals surface area contributed by atoms with Crippen molar-refractivity contribution >= 4 is 27.5 Å². The summed E-state index contributed by atoms with van der Waals surface area (Å²) in [5, 5.41) is 4.24. The highest BCUT2D eigenvalue weighted by Gasteiger charge is 2.19. The van der Waals surface area contributed by atoms with Crippen molar-refractivity contribution in [1.82, 2.24) is 9.78 Å². The van der Waals surface area contributed by atoms with Gasteiger partial charge < -0.3 is 10.5 Å². The number of hydrogen-bond acceptors (Lipinski definition) is 4. The first-order chi connectivity index (χ1) is 11.1. The van der Waals surface area contributed by atoms with Gasteiger partial charge in [0.15, 0.2) is 5.78 Å². The molecule has 0 fully saturated rings. The number of nitrogens with two attached hydrogens (primary N) is 1. The first-order valence-electron chi connectivity index (χ1n) is 6.89. The minimum Gasteiger partial charge on any atom is -0.494 e. The van der Waals surface area contributed by atoms with E-state index in [0.29, 0.717) is 22.6 Å². The van der Waals surface area contributed by atoms with Crippen LogP contribution in [-0.2, 0) is 0 Å². The fraction of sp³-hybridized carbons (Fsp3) is 0.0588. The third kappa shape index (κ3) is 2.85. The van der Waals surface area contributed by atoms with E-state index in [1.807, 2.05) is 36.4 Å². The van der Waals surface area contributed by atoms with E-state index in [1.165, 1.54) is 10.9 Å². The van der Waals surface area contributed by atoms with Crippen molar-refractivity contribution in [2.45, 2.75) is 0 Å². The molecule has 0 radical (unpaired) electrons. The van der Waals surface area contributed by atoms with Crippen molar-refractivity contribution in [3.8, 4) is 11.4 Å². The number of hydrogen-bond donors (Lipinski definition) is 1. The lowest BCUT2D eigenvalue weighted by Crippen LogP contribution is -2.08. The van der Waals surface area contributed by atoms with Gasteiger partial charge in [-0.3, -0.25) is 4.79 Å². The molecule has 0 aliphatic rings. The maximum atomic E-state index is 12.6. The van der Waals surface area contributed by atoms with Gasteiger partial charge in [-0.2, -0.15) is 5.10 Å². The first-order valence-corrected chi connectivity index (χ1v) is 7.68. The van der Waals surface area contributed by atoms with Crippen LogP contribution in [0, 0.1) is 0 Å². The Hall–Kier alpha value is -2.60. The van der Waals surface area contributed by atoms with Gasteiger partial charge in [-0.1, -0.05) is 28.1 Å². The largest absolute Gasteiger partial charge is 0.494 e. The SMILES string of the molecule is COc1ccccc1-n1ncc(C(=O)c2ccc(Br)cc2)c1N. The monoisotopic (exact) mass is 371 g/mol. The fourth-order valence-electron chi connectivity index (χ4n) is 2.29. The molecule has 5 nitrogen and oxygen atoms in total. The number of carbonyl (C=O) groups is 1. The van der Waals surface area contributed by atoms with Crippen molar-refractivity contribution in [2.75, 3.05) is 12.8 Å². The van der Waals surface area contributed by atoms with Crippen LogP contribution in [0.3, 0.4) is 0 Å². The summed E-state index contributed by atoms with van der Waals surface area (Å²) in [5.74, 6) is 0.739. The van der Waals surface area contributed by atoms with Crippen LogP contribution < -0.4 is 10.5 Å². The molecule has 2 aromatic carbocycles. The summed E-state index contributed by atoms with van der Waals surface area (Å²) in [7, 11) is 1.58. The van der Waals surface area contributed by atoms with Crippen LogP contribution >= 0.6 is 15.9 Å². The fourth-order valence-corrected chi connectivity index (χ4v) is 2.55. The Bertz CT molecular complexity index is 857. The molecule has 3 rings (SSSR count). The summed E-state index contributed by atoms with van der Waals surface area (Å²) in [5.41, 5.74) is 7.74. The number of methoxy groups -OCH3 is 1. The molecule has 6 heteroatoms. The van der Waals surface area contributed by atoms with Crippen LogP contribution in [0.1, 0.15) is 15.9 Å². The normalized spacial score (nSPS) is 10.5. The summed E-state index contributed by atoms with van der Waals surface area (Å²) >= 11 is 3.35. The molecule has 1 heterocycles. The highest BCUT2D eigenvalue weighted by atomic mass is 79.9. The second-order valence-corrected chi connectivity index (χ2v) is 5.78. The molecule has 0 bridgehead atoms. The van der Waals surface area contributed by atoms with Gasteiger partial charge in [0.05, 0.1) is 18.9 Å². The van der Waals surface area contributed by atoms with Crippen molar-refractivity contribution in [3.63, 3.8) is 0 Å². The van der Waals surface area contributed by atoms with E-state index >= 15 is 0 Å². The smallest absolute Gasteiger partial charge is 0.198 e. The van der Waals surface area contributed by atoms with E-state index in [9.17, 15) is 4.79 Å². The molecule has 0 atom stereocenters. The standard InChI is InChI=1S/C17H14BrN3O2/c1-23-15-5-3-2-4-14(15)21-17(19)13(10-20-21)16(22)11-6-8-12(18)9-7-11/h2-10H,19H2,1H3. The van der Waals surface area contributed by atoms with E-state index in [1.54, 1.807) is 19.2 Å². The molecule has 0 spiro atoms. The molecule has 23 heavy (non-hydrogen) atoms. The second kappa shape index (κ2) is 6.26. The number of nitrogens with zero attached hydrogens (tertiary/aromatic N) is 2. The second-order valence-electron chi connectivity index (χ2n) is 4.86. The number of benzene rings is 2. The topological polar surface area (TPSA) is 70.1 Å². The van der Waals surface area contributed by atoms with Crippen LogP contribution in [0.15, 0.2) is 59.2 Å². The van der Waals surface area contributed by atoms with E-state index in [2.05, 4.69) is 21.0 Å². The quantitative estimate of drug-likeness (QED) is 0.713. The number of nitrogen functional groups attached to an aromatic ring is 1. The average Bonchev–Trinajstić information content (AvgIpc) is 2.96. The van der Waals surface area contributed by atoms with Gasteiger partial charge in [0.1, 0.15) is 17.3 Å². The molecular formula is C17H14BrN3O2. The maximum absolute atomic E-state index is 12.6. The molecule has 2 N–H and O–H groups in total. The minimum absolute atomic E-state index is 0.170. The molecule has 0 aliphatic heterocycles. The maximum Gasteiger partial charge on any atom is 0.198 e. The third-order valence-corrected chi connectivity index (χ3v) is 4.00. The van der Waals surface area contributed by atoms with Crippen molar-refractivity contribution in [1.29, 1.82) is 0 Å². The predicted molar refractivity (Wildman–Crippen MR) is 92.1 cm³/mol. The van der Waals surface area contributed by atoms with Gasteiger partial charge in [0.25, 0.3) is 0 Å². The summed E-state index contributed by atoms with van der Waals surface area (Å²) in [4.78, 5) is 12.6. The van der Waals surface area contributed by atoms with Crippen molar-refractivity contribution in [3.05, 3.63) is 70.3 Å². The third-order valence-electron chi connectivity index (χ3n) is 3.47. The van der Waals surface area contributed by atoms with E-state index < -0.39 is 0 Å². The van der Waals surface area contributed by atoms with Gasteiger partial charge in [-0.15, -0.1) is 0 Å². The van der Waals surface area contributed by atoms with Crippen LogP contribution in [0.25, 0.3) is 5.69 Å². The lowest BCUT2D eigenvalue weighted by Gasteiger charge is -2.09. The van der Waals surface area contributed by atoms with Crippen LogP contribution in [0.5, 0.6) is 5.75 Å². The lowest BCUT2D eigenvalue weighted by atomic mass is 10.1. The Kier molecular flexibility index (Phi) is 4.16. The zero-order valence-electron chi connectivity index (χ0n) is 12.4. The first kappa shape index (κ1) is 15.3. The number of anilines is 1. The van der Waals surface area contributed by atoms with E-state index in [4.69, 9.17) is 10.5 Å². The highest BCUT2D eigenvalue weighted by Crippen LogP contribution is 2.26. The number of carbonyl (C=O) groups excluding carboxylic acids is 1. The molecule has 3 aromatic rings. The molecule has 116 valence electrons.